The van der Waals surface area contributed by atoms with Gasteiger partial charge in [0.25, 0.3) is 0 Å². The number of rotatable bonds is 3. The number of halogens is 1. The minimum absolute atomic E-state index is 0.571. The number of H-pyrrole nitrogens is 1. The van der Waals surface area contributed by atoms with Crippen molar-refractivity contribution in [2.45, 2.75) is 25.5 Å². The van der Waals surface area contributed by atoms with Gasteiger partial charge in [0.05, 0.1) is 6.20 Å². The molecule has 106 valence electrons. The highest BCUT2D eigenvalue weighted by Crippen LogP contribution is 2.31. The lowest BCUT2D eigenvalue weighted by molar-refractivity contribution is 0.0408. The van der Waals surface area contributed by atoms with Crippen LogP contribution in [0.15, 0.2) is 24.4 Å². The summed E-state index contributed by atoms with van der Waals surface area (Å²) >= 11 is 5.97. The first kappa shape index (κ1) is 13.5. The number of aliphatic hydroxyl groups is 1. The third-order valence-electron chi connectivity index (χ3n) is 3.92. The van der Waals surface area contributed by atoms with Gasteiger partial charge in [0, 0.05) is 24.7 Å². The van der Waals surface area contributed by atoms with Gasteiger partial charge in [-0.2, -0.15) is 15.4 Å². The van der Waals surface area contributed by atoms with Gasteiger partial charge in [-0.25, -0.2) is 0 Å². The van der Waals surface area contributed by atoms with E-state index in [1.807, 2.05) is 18.2 Å². The van der Waals surface area contributed by atoms with E-state index in [1.165, 1.54) is 11.1 Å². The van der Waals surface area contributed by atoms with Crippen LogP contribution in [0.1, 0.15) is 23.2 Å². The summed E-state index contributed by atoms with van der Waals surface area (Å²) in [6, 6.07) is 5.92. The van der Waals surface area contributed by atoms with Crippen molar-refractivity contribution in [1.82, 2.24) is 20.3 Å². The third kappa shape index (κ3) is 2.57. The van der Waals surface area contributed by atoms with Crippen LogP contribution in [0.5, 0.6) is 0 Å². The summed E-state index contributed by atoms with van der Waals surface area (Å²) in [6.07, 6.45) is 2.27. The van der Waals surface area contributed by atoms with E-state index in [4.69, 9.17) is 11.6 Å². The molecule has 2 heterocycles. The molecule has 0 radical (unpaired) electrons. The maximum Gasteiger partial charge on any atom is 0.124 e. The number of aromatic amines is 1. The zero-order valence-corrected chi connectivity index (χ0v) is 12.1. The molecule has 0 saturated carbocycles. The molecule has 1 aromatic carbocycles. The number of benzene rings is 1. The lowest BCUT2D eigenvalue weighted by Gasteiger charge is -2.21. The highest BCUT2D eigenvalue weighted by atomic mass is 35.5. The molecule has 0 bridgehead atoms. The maximum absolute atomic E-state index is 10.6. The smallest absolute Gasteiger partial charge is 0.124 e. The number of hydrogen-bond donors (Lipinski definition) is 2. The van der Waals surface area contributed by atoms with Gasteiger partial charge in [-0.15, -0.1) is 0 Å². The molecule has 1 aromatic heterocycles. The summed E-state index contributed by atoms with van der Waals surface area (Å²) in [5, 5.41) is 21.7. The molecule has 3 rings (SSSR count). The predicted molar refractivity (Wildman–Crippen MR) is 76.4 cm³/mol. The van der Waals surface area contributed by atoms with Crippen LogP contribution in [-0.4, -0.2) is 38.5 Å². The minimum Gasteiger partial charge on any atom is -0.382 e. The van der Waals surface area contributed by atoms with Crippen LogP contribution >= 0.6 is 11.6 Å². The largest absolute Gasteiger partial charge is 0.382 e. The standard InChI is InChI=1S/C14H17ClN4O/c1-10-6-12(15)3-2-11(10)8-19-5-4-14(20,9-19)13-7-16-18-17-13/h2-3,6-7,20H,4-5,8-9H2,1H3,(H,16,17,18)/t14-/m1/s1. The summed E-state index contributed by atoms with van der Waals surface area (Å²) in [7, 11) is 0. The Hall–Kier alpha value is -1.43. The molecule has 5 nitrogen and oxygen atoms in total. The Morgan fingerprint density at radius 1 is 1.50 bits per heavy atom. The van der Waals surface area contributed by atoms with Crippen LogP contribution < -0.4 is 0 Å². The molecule has 0 amide bonds. The second-order valence-electron chi connectivity index (χ2n) is 5.42. The molecule has 2 aromatic rings. The summed E-state index contributed by atoms with van der Waals surface area (Å²) in [4.78, 5) is 2.23. The molecule has 0 unspecified atom stereocenters. The number of nitrogens with zero attached hydrogens (tertiary/aromatic N) is 3. The first-order chi connectivity index (χ1) is 9.57. The Labute approximate surface area is 122 Å². The molecule has 1 fully saturated rings. The Morgan fingerprint density at radius 3 is 3.05 bits per heavy atom. The van der Waals surface area contributed by atoms with E-state index in [-0.39, 0.29) is 0 Å². The number of likely N-dealkylation sites (tertiary alicyclic amines) is 1. The summed E-state index contributed by atoms with van der Waals surface area (Å²) in [6.45, 7) is 4.28. The average Bonchev–Trinajstić information content (AvgIpc) is 3.03. The van der Waals surface area contributed by atoms with Gasteiger partial charge in [0.1, 0.15) is 11.3 Å². The van der Waals surface area contributed by atoms with E-state index in [9.17, 15) is 5.11 Å². The van der Waals surface area contributed by atoms with Crippen molar-refractivity contribution >= 4 is 11.6 Å². The van der Waals surface area contributed by atoms with Crippen molar-refractivity contribution in [2.75, 3.05) is 13.1 Å². The molecule has 1 saturated heterocycles. The van der Waals surface area contributed by atoms with Crippen LogP contribution in [0.4, 0.5) is 0 Å². The topological polar surface area (TPSA) is 65.0 Å². The predicted octanol–water partition coefficient (Wildman–Crippen LogP) is 1.86. The molecule has 2 N–H and O–H groups in total. The molecule has 20 heavy (non-hydrogen) atoms. The molecule has 1 aliphatic rings. The number of aryl methyl sites for hydroxylation is 1. The van der Waals surface area contributed by atoms with E-state index in [1.54, 1.807) is 6.20 Å². The number of hydrogen-bond acceptors (Lipinski definition) is 4. The highest BCUT2D eigenvalue weighted by molar-refractivity contribution is 6.30. The lowest BCUT2D eigenvalue weighted by atomic mass is 10.00. The molecular weight excluding hydrogens is 276 g/mol. The van der Waals surface area contributed by atoms with Gasteiger partial charge in [-0.3, -0.25) is 4.90 Å². The summed E-state index contributed by atoms with van der Waals surface area (Å²) < 4.78 is 0. The Bertz CT molecular complexity index is 601. The van der Waals surface area contributed by atoms with Crippen LogP contribution in [0.25, 0.3) is 0 Å². The van der Waals surface area contributed by atoms with Crippen LogP contribution in [0.3, 0.4) is 0 Å². The van der Waals surface area contributed by atoms with Gasteiger partial charge < -0.3 is 5.11 Å². The fourth-order valence-corrected chi connectivity index (χ4v) is 2.95. The van der Waals surface area contributed by atoms with Crippen molar-refractivity contribution in [1.29, 1.82) is 0 Å². The highest BCUT2D eigenvalue weighted by Gasteiger charge is 2.39. The van der Waals surface area contributed by atoms with Crippen molar-refractivity contribution in [3.63, 3.8) is 0 Å². The summed E-state index contributed by atoms with van der Waals surface area (Å²) in [5.74, 6) is 0. The number of nitrogens with one attached hydrogen (secondary N) is 1. The number of β-amino-alcohol motifs (C(OH)–C–C–N with tert-alkyl or cyclic N) is 1. The molecule has 0 aliphatic carbocycles. The zero-order chi connectivity index (χ0) is 14.2. The monoisotopic (exact) mass is 292 g/mol. The Morgan fingerprint density at radius 2 is 2.35 bits per heavy atom. The Balaban J connectivity index is 1.72. The van der Waals surface area contributed by atoms with Gasteiger partial charge >= 0.3 is 0 Å². The van der Waals surface area contributed by atoms with Crippen molar-refractivity contribution in [2.24, 2.45) is 0 Å². The Kier molecular flexibility index (Phi) is 3.50. The lowest BCUT2D eigenvalue weighted by Crippen LogP contribution is -2.31. The normalized spacial score (nSPS) is 23.4. The molecular formula is C14H17ClN4O. The molecule has 0 spiro atoms. The number of aromatic nitrogens is 3. The van der Waals surface area contributed by atoms with E-state index >= 15 is 0 Å². The van der Waals surface area contributed by atoms with Crippen molar-refractivity contribution in [3.8, 4) is 0 Å². The van der Waals surface area contributed by atoms with Gasteiger partial charge in [0.2, 0.25) is 0 Å². The van der Waals surface area contributed by atoms with E-state index in [0.29, 0.717) is 18.7 Å². The zero-order valence-electron chi connectivity index (χ0n) is 11.3. The van der Waals surface area contributed by atoms with Crippen molar-refractivity contribution < 1.29 is 5.11 Å². The second kappa shape index (κ2) is 5.16. The molecule has 6 heteroatoms. The molecule has 1 atom stereocenters. The van der Waals surface area contributed by atoms with Gasteiger partial charge in [-0.05, 0) is 36.6 Å². The van der Waals surface area contributed by atoms with Gasteiger partial charge in [0.15, 0.2) is 0 Å². The SMILES string of the molecule is Cc1cc(Cl)ccc1CN1CC[C@](O)(c2cn[nH]n2)C1. The van der Waals surface area contributed by atoms with E-state index in [2.05, 4.69) is 27.2 Å². The first-order valence-electron chi connectivity index (χ1n) is 6.63. The van der Waals surface area contributed by atoms with Gasteiger partial charge in [-0.1, -0.05) is 17.7 Å². The van der Waals surface area contributed by atoms with Crippen LogP contribution in [-0.2, 0) is 12.1 Å². The van der Waals surface area contributed by atoms with E-state index < -0.39 is 5.60 Å². The van der Waals surface area contributed by atoms with E-state index in [0.717, 1.165) is 18.1 Å². The fourth-order valence-electron chi connectivity index (χ4n) is 2.72. The minimum atomic E-state index is -0.896. The quantitative estimate of drug-likeness (QED) is 0.906. The van der Waals surface area contributed by atoms with Crippen molar-refractivity contribution in [3.05, 3.63) is 46.2 Å². The van der Waals surface area contributed by atoms with Crippen LogP contribution in [0.2, 0.25) is 5.02 Å². The second-order valence-corrected chi connectivity index (χ2v) is 5.85. The summed E-state index contributed by atoms with van der Waals surface area (Å²) in [5.41, 5.74) is 2.13. The fraction of sp³-hybridized carbons (Fsp3) is 0.429. The maximum atomic E-state index is 10.6. The van der Waals surface area contributed by atoms with Crippen LogP contribution in [0, 0.1) is 6.92 Å². The average molecular weight is 293 g/mol. The molecule has 1 aliphatic heterocycles. The first-order valence-corrected chi connectivity index (χ1v) is 7.01. The third-order valence-corrected chi connectivity index (χ3v) is 4.15.